The Kier molecular flexibility index (Phi) is 7.92. The summed E-state index contributed by atoms with van der Waals surface area (Å²) < 4.78 is 104. The van der Waals surface area contributed by atoms with Gasteiger partial charge in [-0.3, -0.25) is 4.72 Å². The number of sulfonamides is 1. The molecule has 0 saturated carbocycles. The number of halogens is 5. The van der Waals surface area contributed by atoms with Crippen LogP contribution in [0.1, 0.15) is 31.2 Å². The molecule has 0 saturated heterocycles. The first-order valence-corrected chi connectivity index (χ1v) is 14.8. The summed E-state index contributed by atoms with van der Waals surface area (Å²) in [5.74, 6) is -3.60. The summed E-state index contributed by atoms with van der Waals surface area (Å²) in [6, 6.07) is 13.1. The standard InChI is InChI=1S/C26H24F5N5O3S2/c27-25(28)12-4-1-5-13-32-17-7-6-8-18(15-17)41(37,38)35-24-33-22(19-9-2-3-10-20(19)25)23(40-24)36-14-11-21(34-36)39-16-26(29,30)31/h2-3,6-11,14-15,32H,1,4-5,12-13,16H2,(H,33,35). The summed E-state index contributed by atoms with van der Waals surface area (Å²) in [4.78, 5) is 4.33. The van der Waals surface area contributed by atoms with Gasteiger partial charge < -0.3 is 10.1 Å². The third kappa shape index (κ3) is 6.78. The van der Waals surface area contributed by atoms with E-state index in [2.05, 4.69) is 20.1 Å². The number of anilines is 2. The van der Waals surface area contributed by atoms with Crippen molar-refractivity contribution in [3.63, 3.8) is 0 Å². The molecule has 5 rings (SSSR count). The molecule has 2 aromatic heterocycles. The maximum atomic E-state index is 15.6. The number of fused-ring (bicyclic) bond motifs is 6. The van der Waals surface area contributed by atoms with Crippen molar-refractivity contribution in [3.8, 4) is 22.1 Å². The van der Waals surface area contributed by atoms with Gasteiger partial charge in [0, 0.05) is 42.0 Å². The lowest BCUT2D eigenvalue weighted by atomic mass is 9.95. The number of ether oxygens (including phenoxy) is 1. The molecule has 1 aliphatic rings. The highest BCUT2D eigenvalue weighted by molar-refractivity contribution is 7.93. The molecule has 4 bridgehead atoms. The molecule has 0 fully saturated rings. The van der Waals surface area contributed by atoms with Crippen molar-refractivity contribution >= 4 is 32.2 Å². The first-order valence-electron chi connectivity index (χ1n) is 12.5. The third-order valence-electron chi connectivity index (χ3n) is 6.20. The van der Waals surface area contributed by atoms with E-state index in [0.717, 1.165) is 16.0 Å². The minimum absolute atomic E-state index is 0.0202. The summed E-state index contributed by atoms with van der Waals surface area (Å²) in [6.45, 7) is -1.09. The molecule has 0 unspecified atom stereocenters. The topological polar surface area (TPSA) is 98.1 Å². The molecule has 0 radical (unpaired) electrons. The fourth-order valence-corrected chi connectivity index (χ4v) is 6.51. The second kappa shape index (κ2) is 11.3. The number of hydrogen-bond acceptors (Lipinski definition) is 7. The molecule has 0 amide bonds. The Morgan fingerprint density at radius 1 is 1.05 bits per heavy atom. The lowest BCUT2D eigenvalue weighted by molar-refractivity contribution is -0.154. The molecule has 1 aliphatic heterocycles. The number of benzene rings is 2. The average molecular weight is 614 g/mol. The van der Waals surface area contributed by atoms with E-state index in [4.69, 9.17) is 4.74 Å². The Bertz CT molecular complexity index is 1640. The second-order valence-electron chi connectivity index (χ2n) is 9.30. The molecular formula is C26H24F5N5O3S2. The van der Waals surface area contributed by atoms with Gasteiger partial charge in [0.1, 0.15) is 10.7 Å². The SMILES string of the molecule is O=S1(=O)Nc2nc(c(-n3ccc(OCC(F)(F)F)n3)s2)-c2ccccc2C(F)(F)CCCCCNc2cccc1c2. The van der Waals surface area contributed by atoms with Gasteiger partial charge >= 0.3 is 6.18 Å². The highest BCUT2D eigenvalue weighted by Crippen LogP contribution is 2.43. The number of thiazole rings is 1. The van der Waals surface area contributed by atoms with E-state index in [1.54, 1.807) is 18.2 Å². The van der Waals surface area contributed by atoms with Gasteiger partial charge in [-0.15, -0.1) is 5.10 Å². The van der Waals surface area contributed by atoms with Gasteiger partial charge in [-0.25, -0.2) is 26.9 Å². The van der Waals surface area contributed by atoms with E-state index in [1.807, 2.05) is 0 Å². The lowest BCUT2D eigenvalue weighted by Gasteiger charge is -2.20. The van der Waals surface area contributed by atoms with Crippen LogP contribution in [0.5, 0.6) is 5.88 Å². The van der Waals surface area contributed by atoms with E-state index in [-0.39, 0.29) is 44.1 Å². The minimum atomic E-state index is -4.59. The van der Waals surface area contributed by atoms with Crippen LogP contribution in [0.4, 0.5) is 32.8 Å². The molecule has 4 aromatic rings. The maximum Gasteiger partial charge on any atom is 0.422 e. The molecule has 0 spiro atoms. The van der Waals surface area contributed by atoms with Crippen molar-refractivity contribution in [2.75, 3.05) is 23.2 Å². The van der Waals surface area contributed by atoms with Gasteiger partial charge in [-0.2, -0.15) is 13.2 Å². The van der Waals surface area contributed by atoms with Crippen LogP contribution >= 0.6 is 11.3 Å². The van der Waals surface area contributed by atoms with E-state index in [1.165, 1.54) is 42.6 Å². The first kappa shape index (κ1) is 28.8. The zero-order valence-electron chi connectivity index (χ0n) is 21.3. The molecule has 0 atom stereocenters. The van der Waals surface area contributed by atoms with Gasteiger partial charge in [0.25, 0.3) is 15.9 Å². The summed E-state index contributed by atoms with van der Waals surface area (Å²) in [6.07, 6.45) is -2.37. The Hall–Kier alpha value is -3.72. The molecule has 3 heterocycles. The molecule has 2 aromatic carbocycles. The molecule has 41 heavy (non-hydrogen) atoms. The third-order valence-corrected chi connectivity index (χ3v) is 8.63. The van der Waals surface area contributed by atoms with Gasteiger partial charge in [0.15, 0.2) is 11.7 Å². The van der Waals surface area contributed by atoms with Crippen LogP contribution in [-0.2, 0) is 15.9 Å². The highest BCUT2D eigenvalue weighted by Gasteiger charge is 2.35. The summed E-state index contributed by atoms with van der Waals surface area (Å²) in [5.41, 5.74) is 0.262. The van der Waals surface area contributed by atoms with Crippen LogP contribution in [0.25, 0.3) is 16.3 Å². The molecule has 2 N–H and O–H groups in total. The zero-order valence-corrected chi connectivity index (χ0v) is 22.9. The Labute approximate surface area is 236 Å². The largest absolute Gasteiger partial charge is 0.467 e. The maximum absolute atomic E-state index is 15.6. The number of alkyl halides is 5. The van der Waals surface area contributed by atoms with Gasteiger partial charge in [0.2, 0.25) is 5.88 Å². The zero-order chi connectivity index (χ0) is 29.3. The molecule has 15 heteroatoms. The smallest absolute Gasteiger partial charge is 0.422 e. The average Bonchev–Trinajstić information content (AvgIpc) is 3.55. The summed E-state index contributed by atoms with van der Waals surface area (Å²) in [5, 5.41) is 7.07. The number of aromatic nitrogens is 3. The van der Waals surface area contributed by atoms with Crippen molar-refractivity contribution in [1.82, 2.24) is 14.8 Å². The normalized spacial score (nSPS) is 17.0. The van der Waals surface area contributed by atoms with E-state index in [0.29, 0.717) is 25.1 Å². The minimum Gasteiger partial charge on any atom is -0.467 e. The van der Waals surface area contributed by atoms with E-state index < -0.39 is 35.1 Å². The number of nitrogens with zero attached hydrogens (tertiary/aromatic N) is 3. The van der Waals surface area contributed by atoms with Crippen molar-refractivity contribution in [3.05, 3.63) is 66.4 Å². The molecule has 218 valence electrons. The van der Waals surface area contributed by atoms with Crippen molar-refractivity contribution in [1.29, 1.82) is 0 Å². The van der Waals surface area contributed by atoms with Crippen molar-refractivity contribution in [2.24, 2.45) is 0 Å². The van der Waals surface area contributed by atoms with Crippen molar-refractivity contribution in [2.45, 2.75) is 42.7 Å². The quantitative estimate of drug-likeness (QED) is 0.246. The molecule has 8 nitrogen and oxygen atoms in total. The van der Waals surface area contributed by atoms with Crippen LogP contribution < -0.4 is 14.8 Å². The number of hydrogen-bond donors (Lipinski definition) is 2. The van der Waals surface area contributed by atoms with Gasteiger partial charge in [0.05, 0.1) is 4.90 Å². The van der Waals surface area contributed by atoms with Crippen LogP contribution in [0.2, 0.25) is 0 Å². The van der Waals surface area contributed by atoms with Crippen molar-refractivity contribution < 1.29 is 35.1 Å². The predicted octanol–water partition coefficient (Wildman–Crippen LogP) is 6.82. The molecular weight excluding hydrogens is 589 g/mol. The Balaban J connectivity index is 1.62. The van der Waals surface area contributed by atoms with Crippen LogP contribution in [0, 0.1) is 0 Å². The number of rotatable bonds is 3. The van der Waals surface area contributed by atoms with Gasteiger partial charge in [-0.05, 0) is 31.0 Å². The summed E-state index contributed by atoms with van der Waals surface area (Å²) in [7, 11) is -4.15. The fourth-order valence-electron chi connectivity index (χ4n) is 4.31. The predicted molar refractivity (Wildman–Crippen MR) is 144 cm³/mol. The summed E-state index contributed by atoms with van der Waals surface area (Å²) >= 11 is 0.785. The van der Waals surface area contributed by atoms with Gasteiger partial charge in [-0.1, -0.05) is 48.1 Å². The van der Waals surface area contributed by atoms with Crippen LogP contribution in [0.15, 0.2) is 65.7 Å². The molecule has 0 aliphatic carbocycles. The monoisotopic (exact) mass is 613 g/mol. The highest BCUT2D eigenvalue weighted by atomic mass is 32.2. The van der Waals surface area contributed by atoms with E-state index in [9.17, 15) is 21.6 Å². The van der Waals surface area contributed by atoms with Crippen LogP contribution in [-0.4, -0.2) is 42.5 Å². The second-order valence-corrected chi connectivity index (χ2v) is 12.0. The van der Waals surface area contributed by atoms with Crippen LogP contribution in [0.3, 0.4) is 0 Å². The Morgan fingerprint density at radius 2 is 1.85 bits per heavy atom. The Morgan fingerprint density at radius 3 is 2.66 bits per heavy atom. The first-order chi connectivity index (χ1) is 19.4. The van der Waals surface area contributed by atoms with E-state index >= 15 is 8.78 Å². The fraction of sp³-hybridized carbons (Fsp3) is 0.308. The lowest BCUT2D eigenvalue weighted by Crippen LogP contribution is -2.19. The number of nitrogens with one attached hydrogen (secondary N) is 2.